The molecule has 0 saturated heterocycles. The lowest BCUT2D eigenvalue weighted by atomic mass is 9.97. The van der Waals surface area contributed by atoms with Crippen LogP contribution >= 0.6 is 0 Å². The minimum absolute atomic E-state index is 1.18. The lowest BCUT2D eigenvalue weighted by molar-refractivity contribution is 1.01. The van der Waals surface area contributed by atoms with Crippen LogP contribution in [0, 0.1) is 0 Å². The molecule has 0 aromatic rings. The molecule has 0 bridgehead atoms. The zero-order valence-corrected chi connectivity index (χ0v) is 9.88. The van der Waals surface area contributed by atoms with Crippen LogP contribution in [0.5, 0.6) is 0 Å². The van der Waals surface area contributed by atoms with E-state index in [0.29, 0.717) is 0 Å². The van der Waals surface area contributed by atoms with Gasteiger partial charge in [-0.1, -0.05) is 50.3 Å². The first-order valence-electron chi connectivity index (χ1n) is 5.54. The number of hydrogen-bond donors (Lipinski definition) is 0. The molecule has 0 heteroatoms. The van der Waals surface area contributed by atoms with Crippen molar-refractivity contribution >= 4 is 0 Å². The van der Waals surface area contributed by atoms with Crippen LogP contribution in [0.2, 0.25) is 0 Å². The molecule has 0 spiro atoms. The van der Waals surface area contributed by atoms with Crippen molar-refractivity contribution in [3.63, 3.8) is 0 Å². The molecule has 0 fully saturated rings. The van der Waals surface area contributed by atoms with E-state index in [0.717, 1.165) is 0 Å². The third-order valence-electron chi connectivity index (χ3n) is 1.92. The first kappa shape index (κ1) is 13.0. The van der Waals surface area contributed by atoms with E-state index in [4.69, 9.17) is 0 Å². The minimum Gasteiger partial charge on any atom is -0.0871 e. The Kier molecular flexibility index (Phi) is 7.92. The minimum atomic E-state index is 1.18. The van der Waals surface area contributed by atoms with E-state index in [2.05, 4.69) is 50.3 Å². The maximum absolute atomic E-state index is 2.30. The first-order chi connectivity index (χ1) is 6.88. The molecule has 78 valence electrons. The number of hydrogen-bond acceptors (Lipinski definition) is 0. The van der Waals surface area contributed by atoms with Crippen LogP contribution in [-0.2, 0) is 0 Å². The first-order valence-corrected chi connectivity index (χ1v) is 5.54. The summed E-state index contributed by atoms with van der Waals surface area (Å²) in [7, 11) is 0. The van der Waals surface area contributed by atoms with Gasteiger partial charge in [0.2, 0.25) is 0 Å². The van der Waals surface area contributed by atoms with Gasteiger partial charge in [0.15, 0.2) is 0 Å². The van der Waals surface area contributed by atoms with Gasteiger partial charge >= 0.3 is 0 Å². The molecule has 0 amide bonds. The van der Waals surface area contributed by atoms with Crippen molar-refractivity contribution < 1.29 is 0 Å². The van der Waals surface area contributed by atoms with Crippen molar-refractivity contribution in [2.24, 2.45) is 0 Å². The molecule has 0 saturated carbocycles. The van der Waals surface area contributed by atoms with Crippen LogP contribution in [-0.4, -0.2) is 0 Å². The monoisotopic (exact) mass is 190 g/mol. The van der Waals surface area contributed by atoms with Crippen molar-refractivity contribution in [1.82, 2.24) is 0 Å². The van der Waals surface area contributed by atoms with Gasteiger partial charge in [0.1, 0.15) is 0 Å². The molecule has 0 aliphatic heterocycles. The summed E-state index contributed by atoms with van der Waals surface area (Å²) in [5.41, 5.74) is 2.73. The molecule has 0 heterocycles. The van der Waals surface area contributed by atoms with Gasteiger partial charge in [-0.2, -0.15) is 0 Å². The van der Waals surface area contributed by atoms with E-state index < -0.39 is 0 Å². The van der Waals surface area contributed by atoms with Gasteiger partial charge in [-0.15, -0.1) is 0 Å². The molecule has 0 N–H and O–H groups in total. The molecule has 14 heavy (non-hydrogen) atoms. The Balaban J connectivity index is 0.000000791. The number of allylic oxidation sites excluding steroid dienone is 8. The topological polar surface area (TPSA) is 0 Å². The van der Waals surface area contributed by atoms with E-state index in [1.807, 2.05) is 13.8 Å². The maximum Gasteiger partial charge on any atom is -0.0230 e. The van der Waals surface area contributed by atoms with E-state index in [-0.39, 0.29) is 0 Å². The fourth-order valence-electron chi connectivity index (χ4n) is 1.40. The van der Waals surface area contributed by atoms with Gasteiger partial charge in [0.05, 0.1) is 0 Å². The Bertz CT molecular complexity index is 221. The van der Waals surface area contributed by atoms with Crippen LogP contribution in [0.1, 0.15) is 40.5 Å². The Labute approximate surface area is 88.7 Å². The molecule has 0 aromatic carbocycles. The summed E-state index contributed by atoms with van der Waals surface area (Å²) in [4.78, 5) is 0. The van der Waals surface area contributed by atoms with E-state index >= 15 is 0 Å². The number of rotatable bonds is 2. The molecule has 1 aliphatic carbocycles. The Morgan fingerprint density at radius 2 is 1.21 bits per heavy atom. The summed E-state index contributed by atoms with van der Waals surface area (Å²) in [6.07, 6.45) is 15.5. The zero-order valence-electron chi connectivity index (χ0n) is 9.88. The highest BCUT2D eigenvalue weighted by atomic mass is 14.1. The average molecular weight is 190 g/mol. The van der Waals surface area contributed by atoms with Crippen molar-refractivity contribution in [2.45, 2.75) is 40.5 Å². The summed E-state index contributed by atoms with van der Waals surface area (Å²) in [6, 6.07) is 0. The summed E-state index contributed by atoms with van der Waals surface area (Å²) in [5.74, 6) is 0. The Morgan fingerprint density at radius 3 is 1.50 bits per heavy atom. The lowest BCUT2D eigenvalue weighted by Gasteiger charge is -2.08. The summed E-state index contributed by atoms with van der Waals surface area (Å²) >= 11 is 0. The van der Waals surface area contributed by atoms with E-state index in [1.54, 1.807) is 0 Å². The van der Waals surface area contributed by atoms with Crippen molar-refractivity contribution in [3.8, 4) is 0 Å². The van der Waals surface area contributed by atoms with E-state index in [1.165, 1.54) is 24.0 Å². The molecule has 1 aliphatic rings. The molecule has 1 rings (SSSR count). The van der Waals surface area contributed by atoms with Crippen molar-refractivity contribution in [3.05, 3.63) is 47.6 Å². The second kappa shape index (κ2) is 8.55. The van der Waals surface area contributed by atoms with Gasteiger partial charge in [0, 0.05) is 0 Å². The van der Waals surface area contributed by atoms with Gasteiger partial charge in [-0.25, -0.2) is 0 Å². The van der Waals surface area contributed by atoms with Crippen molar-refractivity contribution in [2.75, 3.05) is 0 Å². The van der Waals surface area contributed by atoms with E-state index in [9.17, 15) is 0 Å². The van der Waals surface area contributed by atoms with Gasteiger partial charge in [-0.3, -0.25) is 0 Å². The lowest BCUT2D eigenvalue weighted by Crippen LogP contribution is -1.89. The predicted molar refractivity (Wildman–Crippen MR) is 66.4 cm³/mol. The predicted octanol–water partition coefficient (Wildman–Crippen LogP) is 4.81. The summed E-state index contributed by atoms with van der Waals surface area (Å²) < 4.78 is 0. The maximum atomic E-state index is 2.30. The van der Waals surface area contributed by atoms with Crippen LogP contribution in [0.15, 0.2) is 47.6 Å². The second-order valence-electron chi connectivity index (χ2n) is 2.90. The molecular formula is C14H22. The van der Waals surface area contributed by atoms with Crippen LogP contribution in [0.3, 0.4) is 0 Å². The highest BCUT2D eigenvalue weighted by Gasteiger charge is 2.01. The fourth-order valence-corrected chi connectivity index (χ4v) is 1.40. The smallest absolute Gasteiger partial charge is 0.0230 e. The molecular weight excluding hydrogens is 168 g/mol. The summed E-state index contributed by atoms with van der Waals surface area (Å²) in [5, 5.41) is 0. The molecule has 0 radical (unpaired) electrons. The van der Waals surface area contributed by atoms with Gasteiger partial charge < -0.3 is 0 Å². The quantitative estimate of drug-likeness (QED) is 0.586. The largest absolute Gasteiger partial charge is 0.0871 e. The normalized spacial score (nSPS) is 16.3. The Morgan fingerprint density at radius 1 is 0.857 bits per heavy atom. The van der Waals surface area contributed by atoms with Crippen LogP contribution < -0.4 is 0 Å². The zero-order chi connectivity index (χ0) is 10.8. The van der Waals surface area contributed by atoms with Crippen molar-refractivity contribution in [1.29, 1.82) is 0 Å². The van der Waals surface area contributed by atoms with Gasteiger partial charge in [0.25, 0.3) is 0 Å². The Hall–Kier alpha value is -1.04. The molecule has 0 atom stereocenters. The highest BCUT2D eigenvalue weighted by molar-refractivity contribution is 5.47. The van der Waals surface area contributed by atoms with Crippen LogP contribution in [0.25, 0.3) is 0 Å². The SMILES string of the molecule is C/C=C\C1=CCCC=C1/C=C\C.CC. The summed E-state index contributed by atoms with van der Waals surface area (Å²) in [6.45, 7) is 8.12. The van der Waals surface area contributed by atoms with Gasteiger partial charge in [-0.05, 0) is 37.8 Å². The second-order valence-corrected chi connectivity index (χ2v) is 2.90. The average Bonchev–Trinajstić information content (AvgIpc) is 2.25. The third-order valence-corrected chi connectivity index (χ3v) is 1.92. The standard InChI is InChI=1S/C12H16.C2H6/c1-3-7-11-9-5-6-10-12(11)8-4-2;1-2/h3-4,7-10H,5-6H2,1-2H3;1-2H3/b7-3-,8-4-;. The molecule has 0 aromatic heterocycles. The van der Waals surface area contributed by atoms with Crippen LogP contribution in [0.4, 0.5) is 0 Å². The molecule has 0 nitrogen and oxygen atoms in total. The highest BCUT2D eigenvalue weighted by Crippen LogP contribution is 2.20. The fraction of sp³-hybridized carbons (Fsp3) is 0.429. The third kappa shape index (κ3) is 4.27. The molecule has 0 unspecified atom stereocenters.